The van der Waals surface area contributed by atoms with Crippen molar-refractivity contribution in [3.05, 3.63) is 0 Å². The molecule has 0 aromatic heterocycles. The Morgan fingerprint density at radius 3 is 2.55 bits per heavy atom. The average molecular weight is 281 g/mol. The molecule has 0 aromatic rings. The molecule has 1 N–H and O–H groups in total. The number of carbonyl (C=O) groups is 1. The van der Waals surface area contributed by atoms with Gasteiger partial charge in [-0.25, -0.2) is 0 Å². The lowest BCUT2D eigenvalue weighted by molar-refractivity contribution is -0.130. The van der Waals surface area contributed by atoms with Crippen LogP contribution in [0.15, 0.2) is 0 Å². The summed E-state index contributed by atoms with van der Waals surface area (Å²) in [5, 5.41) is 3.46. The molecular weight excluding hydrogens is 250 g/mol. The van der Waals surface area contributed by atoms with Gasteiger partial charge in [-0.05, 0) is 52.0 Å². The Balaban J connectivity index is 1.94. The van der Waals surface area contributed by atoms with Crippen LogP contribution < -0.4 is 5.32 Å². The fraction of sp³-hybridized carbons (Fsp3) is 0.938. The maximum absolute atomic E-state index is 12.4. The maximum atomic E-state index is 12.4. The Labute approximate surface area is 123 Å². The summed E-state index contributed by atoms with van der Waals surface area (Å²) >= 11 is 0. The Hall–Kier alpha value is -0.610. The summed E-state index contributed by atoms with van der Waals surface area (Å²) in [6, 6.07) is 0.610. The number of hydrogen-bond acceptors (Lipinski definition) is 3. The second-order valence-corrected chi connectivity index (χ2v) is 7.27. The van der Waals surface area contributed by atoms with Gasteiger partial charge in [0.25, 0.3) is 0 Å². The van der Waals surface area contributed by atoms with E-state index in [0.29, 0.717) is 23.8 Å². The van der Waals surface area contributed by atoms with Crippen LogP contribution in [0.4, 0.5) is 0 Å². The van der Waals surface area contributed by atoms with E-state index < -0.39 is 0 Å². The summed E-state index contributed by atoms with van der Waals surface area (Å²) in [5.74, 6) is 1.55. The second-order valence-electron chi connectivity index (χ2n) is 7.27. The van der Waals surface area contributed by atoms with Gasteiger partial charge in [0.2, 0.25) is 5.91 Å². The van der Waals surface area contributed by atoms with Gasteiger partial charge in [0, 0.05) is 19.1 Å². The molecule has 2 aliphatic rings. The Morgan fingerprint density at radius 2 is 2.00 bits per heavy atom. The lowest BCUT2D eigenvalue weighted by atomic mass is 10.1. The van der Waals surface area contributed by atoms with Crippen LogP contribution in [0.3, 0.4) is 0 Å². The molecule has 0 radical (unpaired) electrons. The highest BCUT2D eigenvalue weighted by Gasteiger charge is 2.38. The van der Waals surface area contributed by atoms with E-state index in [1.807, 2.05) is 6.92 Å². The van der Waals surface area contributed by atoms with E-state index in [0.717, 1.165) is 19.5 Å². The van der Waals surface area contributed by atoms with E-state index in [1.165, 1.54) is 13.0 Å². The van der Waals surface area contributed by atoms with E-state index in [4.69, 9.17) is 0 Å². The van der Waals surface area contributed by atoms with Crippen molar-refractivity contribution in [2.24, 2.45) is 11.8 Å². The minimum Gasteiger partial charge on any atom is -0.325 e. The first-order valence-corrected chi connectivity index (χ1v) is 8.19. The van der Waals surface area contributed by atoms with Gasteiger partial charge in [-0.3, -0.25) is 10.1 Å². The first kappa shape index (κ1) is 15.8. The summed E-state index contributed by atoms with van der Waals surface area (Å²) in [6.07, 6.45) is 2.52. The average Bonchev–Trinajstić information content (AvgIpc) is 2.90. The summed E-state index contributed by atoms with van der Waals surface area (Å²) in [6.45, 7) is 14.2. The van der Waals surface area contributed by atoms with Crippen molar-refractivity contribution in [3.63, 3.8) is 0 Å². The second kappa shape index (κ2) is 6.44. The predicted octanol–water partition coefficient (Wildman–Crippen LogP) is 1.91. The highest BCUT2D eigenvalue weighted by Crippen LogP contribution is 2.24. The van der Waals surface area contributed by atoms with Gasteiger partial charge in [-0.2, -0.15) is 0 Å². The molecule has 3 atom stereocenters. The zero-order valence-electron chi connectivity index (χ0n) is 13.7. The molecular formula is C16H31N3O. The minimum absolute atomic E-state index is 0.0126. The zero-order valence-corrected chi connectivity index (χ0v) is 13.7. The third kappa shape index (κ3) is 3.53. The van der Waals surface area contributed by atoms with Gasteiger partial charge >= 0.3 is 0 Å². The van der Waals surface area contributed by atoms with Crippen LogP contribution in [0.5, 0.6) is 0 Å². The molecule has 4 heteroatoms. The summed E-state index contributed by atoms with van der Waals surface area (Å²) in [7, 11) is 0. The van der Waals surface area contributed by atoms with Crippen LogP contribution in [0.25, 0.3) is 0 Å². The molecule has 0 saturated carbocycles. The van der Waals surface area contributed by atoms with Crippen LogP contribution in [0.1, 0.15) is 47.5 Å². The quantitative estimate of drug-likeness (QED) is 0.836. The fourth-order valence-corrected chi connectivity index (χ4v) is 3.47. The van der Waals surface area contributed by atoms with Crippen molar-refractivity contribution in [2.45, 2.75) is 65.7 Å². The van der Waals surface area contributed by atoms with Gasteiger partial charge in [0.05, 0.1) is 12.2 Å². The third-order valence-corrected chi connectivity index (χ3v) is 4.67. The molecule has 0 spiro atoms. The first-order valence-electron chi connectivity index (χ1n) is 8.19. The zero-order chi connectivity index (χ0) is 14.9. The minimum atomic E-state index is -0.0126. The third-order valence-electron chi connectivity index (χ3n) is 4.67. The number of nitrogens with one attached hydrogen (secondary N) is 1. The highest BCUT2D eigenvalue weighted by atomic mass is 16.2. The van der Waals surface area contributed by atoms with E-state index in [2.05, 4.69) is 42.8 Å². The van der Waals surface area contributed by atoms with Gasteiger partial charge in [0.1, 0.15) is 0 Å². The fourth-order valence-electron chi connectivity index (χ4n) is 3.47. The molecule has 1 amide bonds. The van der Waals surface area contributed by atoms with E-state index in [-0.39, 0.29) is 12.2 Å². The lowest BCUT2D eigenvalue weighted by Gasteiger charge is -2.28. The number of amides is 1. The molecule has 2 aliphatic heterocycles. The van der Waals surface area contributed by atoms with Crippen molar-refractivity contribution in [1.29, 1.82) is 0 Å². The molecule has 2 heterocycles. The highest BCUT2D eigenvalue weighted by molar-refractivity contribution is 5.83. The SMILES string of the molecule is CC(C)CC1NC(C)C(=O)N1CC1CCN(C(C)C)C1. The molecule has 116 valence electrons. The van der Waals surface area contributed by atoms with Gasteiger partial charge < -0.3 is 9.80 Å². The number of hydrogen-bond donors (Lipinski definition) is 1. The van der Waals surface area contributed by atoms with Crippen molar-refractivity contribution in [2.75, 3.05) is 19.6 Å². The van der Waals surface area contributed by atoms with Gasteiger partial charge in [-0.1, -0.05) is 13.8 Å². The lowest BCUT2D eigenvalue weighted by Crippen LogP contribution is -2.42. The molecule has 0 bridgehead atoms. The standard InChI is InChI=1S/C16H31N3O/c1-11(2)8-15-17-13(5)16(20)19(15)10-14-6-7-18(9-14)12(3)4/h11-15,17H,6-10H2,1-5H3. The van der Waals surface area contributed by atoms with Crippen molar-refractivity contribution >= 4 is 5.91 Å². The maximum Gasteiger partial charge on any atom is 0.240 e. The molecule has 0 aromatic carbocycles. The van der Waals surface area contributed by atoms with Crippen molar-refractivity contribution in [3.8, 4) is 0 Å². The first-order chi connectivity index (χ1) is 9.38. The number of likely N-dealkylation sites (tertiary alicyclic amines) is 1. The van der Waals surface area contributed by atoms with Crippen molar-refractivity contribution < 1.29 is 4.79 Å². The molecule has 2 fully saturated rings. The van der Waals surface area contributed by atoms with Crippen LogP contribution in [0, 0.1) is 11.8 Å². The molecule has 20 heavy (non-hydrogen) atoms. The summed E-state index contributed by atoms with van der Waals surface area (Å²) in [5.41, 5.74) is 0. The number of nitrogens with zero attached hydrogens (tertiary/aromatic N) is 2. The van der Waals surface area contributed by atoms with Crippen molar-refractivity contribution in [1.82, 2.24) is 15.1 Å². The smallest absolute Gasteiger partial charge is 0.240 e. The molecule has 2 saturated heterocycles. The van der Waals surface area contributed by atoms with Gasteiger partial charge in [0.15, 0.2) is 0 Å². The Morgan fingerprint density at radius 1 is 1.30 bits per heavy atom. The van der Waals surface area contributed by atoms with E-state index in [9.17, 15) is 4.79 Å². The Bertz CT molecular complexity index is 343. The van der Waals surface area contributed by atoms with Crippen LogP contribution in [-0.4, -0.2) is 53.6 Å². The number of rotatable bonds is 5. The Kier molecular flexibility index (Phi) is 5.08. The number of carbonyl (C=O) groups excluding carboxylic acids is 1. The topological polar surface area (TPSA) is 35.6 Å². The monoisotopic (exact) mass is 281 g/mol. The largest absolute Gasteiger partial charge is 0.325 e. The van der Waals surface area contributed by atoms with Crippen LogP contribution in [-0.2, 0) is 4.79 Å². The molecule has 2 rings (SSSR count). The molecule has 4 nitrogen and oxygen atoms in total. The summed E-state index contributed by atoms with van der Waals surface area (Å²) < 4.78 is 0. The van der Waals surface area contributed by atoms with Crippen LogP contribution in [0.2, 0.25) is 0 Å². The normalized spacial score (nSPS) is 32.0. The predicted molar refractivity (Wildman–Crippen MR) is 82.4 cm³/mol. The van der Waals surface area contributed by atoms with Crippen LogP contribution >= 0.6 is 0 Å². The van der Waals surface area contributed by atoms with E-state index >= 15 is 0 Å². The van der Waals surface area contributed by atoms with E-state index in [1.54, 1.807) is 0 Å². The summed E-state index contributed by atoms with van der Waals surface area (Å²) in [4.78, 5) is 17.0. The van der Waals surface area contributed by atoms with Gasteiger partial charge in [-0.15, -0.1) is 0 Å². The molecule has 3 unspecified atom stereocenters. The molecule has 0 aliphatic carbocycles.